The number of rotatable bonds is 3. The maximum absolute atomic E-state index is 12.8. The van der Waals surface area contributed by atoms with Gasteiger partial charge in [0.15, 0.2) is 11.6 Å². The number of nitriles is 1. The molecule has 1 amide bonds. The zero-order valence-corrected chi connectivity index (χ0v) is 18.3. The van der Waals surface area contributed by atoms with Crippen LogP contribution in [0.15, 0.2) is 53.1 Å². The predicted octanol–water partition coefficient (Wildman–Crippen LogP) is 5.23. The van der Waals surface area contributed by atoms with E-state index >= 15 is 0 Å². The lowest BCUT2D eigenvalue weighted by atomic mass is 10.0. The number of fused-ring (bicyclic) bond motifs is 1. The van der Waals surface area contributed by atoms with Gasteiger partial charge >= 0.3 is 0 Å². The minimum Gasteiger partial charge on any atom is -0.305 e. The van der Waals surface area contributed by atoms with Crippen LogP contribution in [-0.4, -0.2) is 20.7 Å². The summed E-state index contributed by atoms with van der Waals surface area (Å²) >= 11 is 3.39. The molecule has 0 unspecified atom stereocenters. The molecule has 2 aromatic carbocycles. The van der Waals surface area contributed by atoms with Gasteiger partial charge in [0.1, 0.15) is 11.6 Å². The molecular weight excluding hydrogens is 442 g/mol. The van der Waals surface area contributed by atoms with E-state index in [4.69, 9.17) is 4.98 Å². The smallest absolute Gasteiger partial charge is 0.257 e. The van der Waals surface area contributed by atoms with E-state index in [1.807, 2.05) is 26.0 Å². The van der Waals surface area contributed by atoms with Crippen molar-refractivity contribution >= 4 is 38.6 Å². The van der Waals surface area contributed by atoms with Gasteiger partial charge in [0.2, 0.25) is 0 Å². The fourth-order valence-corrected chi connectivity index (χ4v) is 3.95. The van der Waals surface area contributed by atoms with Crippen molar-refractivity contribution in [3.8, 4) is 11.9 Å². The molecule has 0 spiro atoms. The van der Waals surface area contributed by atoms with Gasteiger partial charge in [-0.25, -0.2) is 4.98 Å². The van der Waals surface area contributed by atoms with E-state index in [0.717, 1.165) is 22.0 Å². The Bertz CT molecular complexity index is 1350. The van der Waals surface area contributed by atoms with E-state index in [9.17, 15) is 10.1 Å². The molecule has 6 nitrogen and oxygen atoms in total. The van der Waals surface area contributed by atoms with Gasteiger partial charge in [0.05, 0.1) is 17.3 Å². The van der Waals surface area contributed by atoms with Gasteiger partial charge in [-0.1, -0.05) is 23.8 Å². The standard InChI is InChI=1S/C23H18BrN5O/c1-13-8-15(3)21-18(9-13)14(2)10-20(27-21)29-22(16(11-25)12-26-29)28-23(30)17-6-4-5-7-19(17)24/h4-10,12H,1-3H3,(H,28,30). The summed E-state index contributed by atoms with van der Waals surface area (Å²) in [4.78, 5) is 17.6. The van der Waals surface area contributed by atoms with Crippen LogP contribution in [0.2, 0.25) is 0 Å². The molecule has 0 radical (unpaired) electrons. The van der Waals surface area contributed by atoms with Crippen molar-refractivity contribution in [2.45, 2.75) is 20.8 Å². The maximum Gasteiger partial charge on any atom is 0.257 e. The van der Waals surface area contributed by atoms with Crippen LogP contribution in [0, 0.1) is 32.1 Å². The Morgan fingerprint density at radius 3 is 2.63 bits per heavy atom. The predicted molar refractivity (Wildman–Crippen MR) is 120 cm³/mol. The Morgan fingerprint density at radius 1 is 1.13 bits per heavy atom. The maximum atomic E-state index is 12.8. The molecule has 4 aromatic rings. The molecule has 4 rings (SSSR count). The molecule has 0 aliphatic rings. The number of pyridine rings is 1. The normalized spacial score (nSPS) is 10.8. The Hall–Kier alpha value is -3.50. The molecule has 0 fully saturated rings. The third-order valence-electron chi connectivity index (χ3n) is 4.90. The molecule has 0 atom stereocenters. The van der Waals surface area contributed by atoms with E-state index in [0.29, 0.717) is 15.9 Å². The molecule has 0 bridgehead atoms. The highest BCUT2D eigenvalue weighted by Gasteiger charge is 2.19. The number of hydrogen-bond acceptors (Lipinski definition) is 4. The highest BCUT2D eigenvalue weighted by molar-refractivity contribution is 9.10. The van der Waals surface area contributed by atoms with E-state index in [1.54, 1.807) is 18.2 Å². The summed E-state index contributed by atoms with van der Waals surface area (Å²) in [5.41, 5.74) is 4.86. The first-order valence-electron chi connectivity index (χ1n) is 9.32. The topological polar surface area (TPSA) is 83.6 Å². The number of nitrogens with zero attached hydrogens (tertiary/aromatic N) is 4. The average Bonchev–Trinajstić information content (AvgIpc) is 3.11. The summed E-state index contributed by atoms with van der Waals surface area (Å²) in [6, 6.07) is 15.3. The molecule has 30 heavy (non-hydrogen) atoms. The van der Waals surface area contributed by atoms with Gasteiger partial charge in [-0.05, 0) is 72.1 Å². The first-order chi connectivity index (χ1) is 14.4. The number of carbonyl (C=O) groups excluding carboxylic acids is 1. The minimum atomic E-state index is -0.343. The number of benzene rings is 2. The summed E-state index contributed by atoms with van der Waals surface area (Å²) in [6.45, 7) is 6.09. The van der Waals surface area contributed by atoms with Crippen molar-refractivity contribution < 1.29 is 4.79 Å². The van der Waals surface area contributed by atoms with Gasteiger partial charge in [-0.2, -0.15) is 15.0 Å². The van der Waals surface area contributed by atoms with Crippen molar-refractivity contribution in [2.75, 3.05) is 5.32 Å². The van der Waals surface area contributed by atoms with E-state index in [2.05, 4.69) is 51.5 Å². The lowest BCUT2D eigenvalue weighted by Gasteiger charge is -2.13. The number of hydrogen-bond donors (Lipinski definition) is 1. The third kappa shape index (κ3) is 3.46. The zero-order chi connectivity index (χ0) is 21.4. The number of amides is 1. The number of halogens is 1. The van der Waals surface area contributed by atoms with Crippen molar-refractivity contribution in [1.29, 1.82) is 5.26 Å². The Morgan fingerprint density at radius 2 is 1.90 bits per heavy atom. The van der Waals surface area contributed by atoms with Crippen LogP contribution in [0.5, 0.6) is 0 Å². The van der Waals surface area contributed by atoms with Gasteiger partial charge < -0.3 is 5.32 Å². The lowest BCUT2D eigenvalue weighted by molar-refractivity contribution is 0.102. The Labute approximate surface area is 182 Å². The molecule has 0 aliphatic carbocycles. The summed E-state index contributed by atoms with van der Waals surface area (Å²) in [5.74, 6) is 0.482. The molecule has 2 aromatic heterocycles. The first-order valence-corrected chi connectivity index (χ1v) is 10.1. The SMILES string of the molecule is Cc1cc(C)c2nc(-n3ncc(C#N)c3NC(=O)c3ccccc3Br)cc(C)c2c1. The van der Waals surface area contributed by atoms with E-state index in [-0.39, 0.29) is 17.3 Å². The van der Waals surface area contributed by atoms with Crippen LogP contribution in [0.4, 0.5) is 5.82 Å². The number of carbonyl (C=O) groups is 1. The molecule has 1 N–H and O–H groups in total. The fraction of sp³-hybridized carbons (Fsp3) is 0.130. The van der Waals surface area contributed by atoms with Gasteiger partial charge in [-0.15, -0.1) is 0 Å². The molecule has 0 aliphatic heterocycles. The van der Waals surface area contributed by atoms with Crippen LogP contribution in [0.3, 0.4) is 0 Å². The highest BCUT2D eigenvalue weighted by atomic mass is 79.9. The van der Waals surface area contributed by atoms with Crippen LogP contribution < -0.4 is 5.32 Å². The van der Waals surface area contributed by atoms with Crippen LogP contribution in [0.1, 0.15) is 32.6 Å². The largest absolute Gasteiger partial charge is 0.305 e. The van der Waals surface area contributed by atoms with Gasteiger partial charge in [0, 0.05) is 9.86 Å². The van der Waals surface area contributed by atoms with Crippen LogP contribution in [0.25, 0.3) is 16.7 Å². The summed E-state index contributed by atoms with van der Waals surface area (Å²) < 4.78 is 2.16. The van der Waals surface area contributed by atoms with Crippen molar-refractivity contribution in [3.05, 3.63) is 81.0 Å². The van der Waals surface area contributed by atoms with Gasteiger partial charge in [0.25, 0.3) is 5.91 Å². The number of anilines is 1. The molecule has 0 saturated carbocycles. The van der Waals surface area contributed by atoms with Crippen LogP contribution >= 0.6 is 15.9 Å². The van der Waals surface area contributed by atoms with E-state index < -0.39 is 0 Å². The van der Waals surface area contributed by atoms with Crippen molar-refractivity contribution in [2.24, 2.45) is 0 Å². The molecule has 148 valence electrons. The second-order valence-corrected chi connectivity index (χ2v) is 7.99. The van der Waals surface area contributed by atoms with Crippen molar-refractivity contribution in [1.82, 2.24) is 14.8 Å². The Balaban J connectivity index is 1.84. The molecule has 2 heterocycles. The number of aryl methyl sites for hydroxylation is 3. The second kappa shape index (κ2) is 7.73. The Kier molecular flexibility index (Phi) is 5.10. The molecular formula is C23H18BrN5O. The average molecular weight is 460 g/mol. The molecule has 7 heteroatoms. The van der Waals surface area contributed by atoms with Crippen LogP contribution in [-0.2, 0) is 0 Å². The second-order valence-electron chi connectivity index (χ2n) is 7.14. The molecule has 0 saturated heterocycles. The summed E-state index contributed by atoms with van der Waals surface area (Å²) in [5, 5.41) is 17.8. The summed E-state index contributed by atoms with van der Waals surface area (Å²) in [6.07, 6.45) is 1.43. The monoisotopic (exact) mass is 459 g/mol. The first kappa shape index (κ1) is 19.8. The summed E-state index contributed by atoms with van der Waals surface area (Å²) in [7, 11) is 0. The number of nitrogens with one attached hydrogen (secondary N) is 1. The lowest BCUT2D eigenvalue weighted by Crippen LogP contribution is -2.17. The van der Waals surface area contributed by atoms with Crippen molar-refractivity contribution in [3.63, 3.8) is 0 Å². The fourth-order valence-electron chi connectivity index (χ4n) is 3.48. The number of aromatic nitrogens is 3. The highest BCUT2D eigenvalue weighted by Crippen LogP contribution is 2.27. The quantitative estimate of drug-likeness (QED) is 0.454. The third-order valence-corrected chi connectivity index (χ3v) is 5.59. The zero-order valence-electron chi connectivity index (χ0n) is 16.7. The minimum absolute atomic E-state index is 0.260. The van der Waals surface area contributed by atoms with E-state index in [1.165, 1.54) is 16.4 Å². The van der Waals surface area contributed by atoms with Gasteiger partial charge in [-0.3, -0.25) is 4.79 Å².